The van der Waals surface area contributed by atoms with Crippen molar-refractivity contribution in [3.63, 3.8) is 0 Å². The number of hydrogen-bond acceptors (Lipinski definition) is 2. The molecule has 1 saturated heterocycles. The number of hydrogen-bond donors (Lipinski definition) is 1. The molecule has 2 aliphatic rings. The molecule has 2 amide bonds. The minimum absolute atomic E-state index is 0.0401. The normalized spacial score (nSPS) is 21.9. The average molecular weight is 376 g/mol. The Kier molecular flexibility index (Phi) is 3.56. The largest absolute Gasteiger partial charge is 0.322 e. The fourth-order valence-corrected chi connectivity index (χ4v) is 4.08. The first kappa shape index (κ1) is 14.6. The number of nitrogens with zero attached hydrogens (tertiary/aromatic N) is 2. The Hall–Kier alpha value is -1.95. The Balaban J connectivity index is 1.62. The van der Waals surface area contributed by atoms with E-state index in [1.165, 1.54) is 6.20 Å². The molecule has 2 atom stereocenters. The van der Waals surface area contributed by atoms with Crippen LogP contribution in [-0.2, 0) is 6.42 Å². The highest BCUT2D eigenvalue weighted by Gasteiger charge is 2.43. The Bertz CT molecular complexity index is 782. The van der Waals surface area contributed by atoms with E-state index in [1.54, 1.807) is 0 Å². The van der Waals surface area contributed by atoms with E-state index in [1.807, 2.05) is 35.2 Å². The highest BCUT2D eigenvalue weighted by Crippen LogP contribution is 2.44. The molecule has 0 unspecified atom stereocenters. The number of carbonyl (C=O) groups is 1. The molecule has 23 heavy (non-hydrogen) atoms. The van der Waals surface area contributed by atoms with Crippen LogP contribution in [0.2, 0.25) is 0 Å². The van der Waals surface area contributed by atoms with E-state index in [0.717, 1.165) is 28.6 Å². The third-order valence-corrected chi connectivity index (χ3v) is 5.14. The van der Waals surface area contributed by atoms with Gasteiger partial charge in [0.2, 0.25) is 5.95 Å². The lowest BCUT2D eigenvalue weighted by Crippen LogP contribution is -2.44. The van der Waals surface area contributed by atoms with Gasteiger partial charge in [-0.15, -0.1) is 0 Å². The maximum Gasteiger partial charge on any atom is 0.322 e. The quantitative estimate of drug-likeness (QED) is 0.756. The second kappa shape index (κ2) is 5.60. The average Bonchev–Trinajstić information content (AvgIpc) is 2.84. The Morgan fingerprint density at radius 1 is 1.35 bits per heavy atom. The number of benzene rings is 1. The summed E-state index contributed by atoms with van der Waals surface area (Å²) >= 11 is 3.40. The third-order valence-electron chi connectivity index (χ3n) is 4.65. The number of aromatic nitrogens is 1. The fraction of sp³-hybridized carbons (Fsp3) is 0.294. The molecule has 2 aliphatic heterocycles. The molecular weight excluding hydrogens is 361 g/mol. The van der Waals surface area contributed by atoms with Crippen molar-refractivity contribution in [2.75, 3.05) is 5.32 Å². The highest BCUT2D eigenvalue weighted by molar-refractivity contribution is 9.10. The second-order valence-electron chi connectivity index (χ2n) is 5.97. The number of halogens is 2. The van der Waals surface area contributed by atoms with Gasteiger partial charge in [0.25, 0.3) is 0 Å². The maximum atomic E-state index is 13.9. The summed E-state index contributed by atoms with van der Waals surface area (Å²) in [5.41, 5.74) is 2.32. The van der Waals surface area contributed by atoms with E-state index in [9.17, 15) is 9.18 Å². The molecule has 2 bridgehead atoms. The van der Waals surface area contributed by atoms with Gasteiger partial charge < -0.3 is 10.2 Å². The molecule has 6 heteroatoms. The highest BCUT2D eigenvalue weighted by atomic mass is 79.9. The van der Waals surface area contributed by atoms with Crippen LogP contribution in [0.5, 0.6) is 0 Å². The van der Waals surface area contributed by atoms with Crippen molar-refractivity contribution in [1.82, 2.24) is 9.88 Å². The van der Waals surface area contributed by atoms with Crippen molar-refractivity contribution in [3.8, 4) is 0 Å². The molecule has 4 nitrogen and oxygen atoms in total. The first-order valence-corrected chi connectivity index (χ1v) is 8.41. The van der Waals surface area contributed by atoms with Gasteiger partial charge in [-0.3, -0.25) is 0 Å². The first-order chi connectivity index (χ1) is 11.1. The van der Waals surface area contributed by atoms with Gasteiger partial charge >= 0.3 is 6.03 Å². The number of carbonyl (C=O) groups excluding carboxylic acids is 1. The molecule has 0 radical (unpaired) electrons. The lowest BCUT2D eigenvalue weighted by atomic mass is 9.95. The molecule has 0 saturated carbocycles. The Labute approximate surface area is 141 Å². The predicted molar refractivity (Wildman–Crippen MR) is 88.7 cm³/mol. The summed E-state index contributed by atoms with van der Waals surface area (Å²) in [5.74, 6) is -0.397. The van der Waals surface area contributed by atoms with Crippen LogP contribution < -0.4 is 5.32 Å². The van der Waals surface area contributed by atoms with E-state index < -0.39 is 5.95 Å². The zero-order valence-electron chi connectivity index (χ0n) is 12.3. The molecule has 0 aliphatic carbocycles. The van der Waals surface area contributed by atoms with Crippen LogP contribution in [0.4, 0.5) is 14.9 Å². The van der Waals surface area contributed by atoms with E-state index in [0.29, 0.717) is 12.0 Å². The molecule has 3 heterocycles. The van der Waals surface area contributed by atoms with Gasteiger partial charge in [-0.05, 0) is 49.1 Å². The number of fused-ring (bicyclic) bond motifs is 4. The number of nitrogens with one attached hydrogen (secondary N) is 1. The molecule has 1 aromatic heterocycles. The molecular formula is C17H15BrFN3O. The molecule has 1 aromatic carbocycles. The van der Waals surface area contributed by atoms with Crippen LogP contribution in [0.15, 0.2) is 41.0 Å². The lowest BCUT2D eigenvalue weighted by molar-refractivity contribution is 0.178. The molecule has 4 rings (SSSR count). The van der Waals surface area contributed by atoms with Crippen LogP contribution in [-0.4, -0.2) is 22.0 Å². The Morgan fingerprint density at radius 3 is 3.04 bits per heavy atom. The van der Waals surface area contributed by atoms with Crippen molar-refractivity contribution in [3.05, 3.63) is 58.1 Å². The van der Waals surface area contributed by atoms with Crippen LogP contribution in [0.1, 0.15) is 30.0 Å². The van der Waals surface area contributed by atoms with Crippen molar-refractivity contribution in [1.29, 1.82) is 0 Å². The van der Waals surface area contributed by atoms with E-state index in [2.05, 4.69) is 26.2 Å². The van der Waals surface area contributed by atoms with E-state index >= 15 is 0 Å². The SMILES string of the molecule is O=C(Nc1cccc(Br)c1)N1[C@H]2CC[C@@H]1c1ccnc(F)c1C2. The number of amides is 2. The standard InChI is InChI=1S/C17H15BrFN3O/c18-10-2-1-3-11(8-10)21-17(23)22-12-4-5-15(22)13-6-7-20-16(19)14(13)9-12/h1-3,6-8,12,15H,4-5,9H2,(H,21,23)/t12-,15+/m0/s1. The summed E-state index contributed by atoms with van der Waals surface area (Å²) < 4.78 is 14.8. The van der Waals surface area contributed by atoms with Crippen molar-refractivity contribution >= 4 is 27.6 Å². The summed E-state index contributed by atoms with van der Waals surface area (Å²) in [6, 6.07) is 9.19. The number of urea groups is 1. The molecule has 1 N–H and O–H groups in total. The maximum absolute atomic E-state index is 13.9. The predicted octanol–water partition coefficient (Wildman–Crippen LogP) is 4.28. The summed E-state index contributed by atoms with van der Waals surface area (Å²) in [4.78, 5) is 18.3. The van der Waals surface area contributed by atoms with Crippen LogP contribution in [0, 0.1) is 5.95 Å². The van der Waals surface area contributed by atoms with Gasteiger partial charge in [0.1, 0.15) is 0 Å². The number of anilines is 1. The second-order valence-corrected chi connectivity index (χ2v) is 6.88. The van der Waals surface area contributed by atoms with Crippen LogP contribution >= 0.6 is 15.9 Å². The number of pyridine rings is 1. The molecule has 0 spiro atoms. The van der Waals surface area contributed by atoms with Gasteiger partial charge in [-0.1, -0.05) is 22.0 Å². The summed E-state index contributed by atoms with van der Waals surface area (Å²) in [6.45, 7) is 0. The van der Waals surface area contributed by atoms with Crippen molar-refractivity contribution in [2.45, 2.75) is 31.3 Å². The fourth-order valence-electron chi connectivity index (χ4n) is 3.68. The smallest absolute Gasteiger partial charge is 0.314 e. The van der Waals surface area contributed by atoms with Gasteiger partial charge in [-0.2, -0.15) is 4.39 Å². The van der Waals surface area contributed by atoms with E-state index in [4.69, 9.17) is 0 Å². The number of rotatable bonds is 1. The molecule has 118 valence electrons. The topological polar surface area (TPSA) is 45.2 Å². The zero-order chi connectivity index (χ0) is 16.0. The third kappa shape index (κ3) is 2.51. The van der Waals surface area contributed by atoms with Crippen molar-refractivity contribution < 1.29 is 9.18 Å². The summed E-state index contributed by atoms with van der Waals surface area (Å²) in [5, 5.41) is 2.95. The molecule has 2 aromatic rings. The Morgan fingerprint density at radius 2 is 2.22 bits per heavy atom. The van der Waals surface area contributed by atoms with Gasteiger partial charge in [0.15, 0.2) is 0 Å². The minimum atomic E-state index is -0.397. The van der Waals surface area contributed by atoms with E-state index in [-0.39, 0.29) is 18.1 Å². The van der Waals surface area contributed by atoms with Crippen LogP contribution in [0.3, 0.4) is 0 Å². The summed E-state index contributed by atoms with van der Waals surface area (Å²) in [7, 11) is 0. The van der Waals surface area contributed by atoms with Crippen molar-refractivity contribution in [2.24, 2.45) is 0 Å². The lowest BCUT2D eigenvalue weighted by Gasteiger charge is -2.36. The monoisotopic (exact) mass is 375 g/mol. The summed E-state index contributed by atoms with van der Waals surface area (Å²) in [6.07, 6.45) is 3.78. The van der Waals surface area contributed by atoms with Gasteiger partial charge in [0.05, 0.1) is 6.04 Å². The van der Waals surface area contributed by atoms with Gasteiger partial charge in [0, 0.05) is 28.0 Å². The zero-order valence-corrected chi connectivity index (χ0v) is 13.9. The van der Waals surface area contributed by atoms with Gasteiger partial charge in [-0.25, -0.2) is 9.78 Å². The molecule has 1 fully saturated rings. The van der Waals surface area contributed by atoms with Crippen LogP contribution in [0.25, 0.3) is 0 Å². The first-order valence-electron chi connectivity index (χ1n) is 7.61. The minimum Gasteiger partial charge on any atom is -0.314 e.